The second kappa shape index (κ2) is 4.31. The van der Waals surface area contributed by atoms with Crippen molar-refractivity contribution in [2.75, 3.05) is 0 Å². The maximum Gasteiger partial charge on any atom is 0.0960 e. The molecule has 0 aromatic carbocycles. The quantitative estimate of drug-likeness (QED) is 0.749. The number of rotatable bonds is 4. The van der Waals surface area contributed by atoms with Crippen molar-refractivity contribution in [1.29, 1.82) is 0 Å². The maximum atomic E-state index is 9.65. The molecule has 0 aliphatic heterocycles. The zero-order valence-corrected chi connectivity index (χ0v) is 7.66. The van der Waals surface area contributed by atoms with Crippen molar-refractivity contribution in [2.24, 2.45) is 5.92 Å². The van der Waals surface area contributed by atoms with Crippen LogP contribution in [0.2, 0.25) is 0 Å². The van der Waals surface area contributed by atoms with Gasteiger partial charge in [-0.15, -0.1) is 0 Å². The molecule has 2 nitrogen and oxygen atoms in total. The van der Waals surface area contributed by atoms with Gasteiger partial charge in [-0.2, -0.15) is 0 Å². The number of hydrogen-bond donors (Lipinski definition) is 1. The highest BCUT2D eigenvalue weighted by atomic mass is 16.3. The van der Waals surface area contributed by atoms with E-state index < -0.39 is 0 Å². The molecule has 0 fully saturated rings. The third-order valence-electron chi connectivity index (χ3n) is 2.25. The molecule has 0 spiro atoms. The molecule has 12 heavy (non-hydrogen) atoms. The second-order valence-corrected chi connectivity index (χ2v) is 3.32. The second-order valence-electron chi connectivity index (χ2n) is 3.32. The van der Waals surface area contributed by atoms with E-state index >= 15 is 0 Å². The molecule has 2 unspecified atom stereocenters. The highest BCUT2D eigenvalue weighted by Gasteiger charge is 2.11. The van der Waals surface area contributed by atoms with E-state index in [1.807, 2.05) is 6.07 Å². The summed E-state index contributed by atoms with van der Waals surface area (Å²) in [4.78, 5) is 0. The van der Waals surface area contributed by atoms with Crippen molar-refractivity contribution in [3.8, 4) is 0 Å². The summed E-state index contributed by atoms with van der Waals surface area (Å²) in [6.07, 6.45) is 4.76. The first kappa shape index (κ1) is 9.33. The molecular formula is C10H16O2. The van der Waals surface area contributed by atoms with Crippen molar-refractivity contribution in [3.63, 3.8) is 0 Å². The minimum atomic E-state index is -0.362. The molecule has 0 saturated heterocycles. The van der Waals surface area contributed by atoms with Gasteiger partial charge in [0.05, 0.1) is 18.6 Å². The van der Waals surface area contributed by atoms with Crippen LogP contribution in [-0.2, 0) is 0 Å². The van der Waals surface area contributed by atoms with Gasteiger partial charge >= 0.3 is 0 Å². The fourth-order valence-corrected chi connectivity index (χ4v) is 1.15. The third-order valence-corrected chi connectivity index (χ3v) is 2.25. The Hall–Kier alpha value is -0.760. The first-order chi connectivity index (χ1) is 5.74. The van der Waals surface area contributed by atoms with Gasteiger partial charge in [-0.1, -0.05) is 20.3 Å². The van der Waals surface area contributed by atoms with Gasteiger partial charge in [0.15, 0.2) is 0 Å². The third kappa shape index (κ3) is 2.38. The monoisotopic (exact) mass is 168 g/mol. The normalized spacial score (nSPS) is 15.9. The summed E-state index contributed by atoms with van der Waals surface area (Å²) in [5, 5.41) is 9.65. The van der Waals surface area contributed by atoms with Gasteiger partial charge in [0.2, 0.25) is 0 Å². The standard InChI is InChI=1S/C10H16O2/c1-3-8(2)6-10(11)9-4-5-12-7-9/h4-5,7-8,10-11H,3,6H2,1-2H3. The summed E-state index contributed by atoms with van der Waals surface area (Å²) >= 11 is 0. The molecule has 1 N–H and O–H groups in total. The molecule has 0 radical (unpaired) electrons. The SMILES string of the molecule is CCC(C)CC(O)c1ccoc1. The Morgan fingerprint density at radius 3 is 2.83 bits per heavy atom. The van der Waals surface area contributed by atoms with Crippen molar-refractivity contribution in [2.45, 2.75) is 32.8 Å². The van der Waals surface area contributed by atoms with Crippen molar-refractivity contribution >= 4 is 0 Å². The average molecular weight is 168 g/mol. The summed E-state index contributed by atoms with van der Waals surface area (Å²) in [7, 11) is 0. The van der Waals surface area contributed by atoms with E-state index in [9.17, 15) is 5.11 Å². The number of furan rings is 1. The Bertz CT molecular complexity index is 204. The van der Waals surface area contributed by atoms with Crippen molar-refractivity contribution < 1.29 is 9.52 Å². The zero-order chi connectivity index (χ0) is 8.97. The molecule has 1 heterocycles. The van der Waals surface area contributed by atoms with Gasteiger partial charge in [0, 0.05) is 5.56 Å². The van der Waals surface area contributed by atoms with Crippen LogP contribution in [0.5, 0.6) is 0 Å². The van der Waals surface area contributed by atoms with Crippen LogP contribution in [0.1, 0.15) is 38.4 Å². The first-order valence-electron chi connectivity index (χ1n) is 4.44. The minimum Gasteiger partial charge on any atom is -0.472 e. The molecule has 1 aromatic heterocycles. The van der Waals surface area contributed by atoms with Crippen molar-refractivity contribution in [1.82, 2.24) is 0 Å². The lowest BCUT2D eigenvalue weighted by molar-refractivity contribution is 0.146. The average Bonchev–Trinajstić information content (AvgIpc) is 2.56. The van der Waals surface area contributed by atoms with E-state index in [0.29, 0.717) is 5.92 Å². The number of aliphatic hydroxyl groups is 1. The van der Waals surface area contributed by atoms with Gasteiger partial charge in [-0.3, -0.25) is 0 Å². The van der Waals surface area contributed by atoms with Gasteiger partial charge < -0.3 is 9.52 Å². The van der Waals surface area contributed by atoms with E-state index in [-0.39, 0.29) is 6.10 Å². The Morgan fingerprint density at radius 2 is 2.33 bits per heavy atom. The van der Waals surface area contributed by atoms with Gasteiger partial charge in [0.25, 0.3) is 0 Å². The first-order valence-corrected chi connectivity index (χ1v) is 4.44. The van der Waals surface area contributed by atoms with E-state index in [2.05, 4.69) is 13.8 Å². The molecule has 0 amide bonds. The molecule has 0 aliphatic rings. The predicted molar refractivity (Wildman–Crippen MR) is 47.7 cm³/mol. The lowest BCUT2D eigenvalue weighted by atomic mass is 9.98. The van der Waals surface area contributed by atoms with Crippen LogP contribution in [-0.4, -0.2) is 5.11 Å². The molecular weight excluding hydrogens is 152 g/mol. The minimum absolute atomic E-state index is 0.362. The lowest BCUT2D eigenvalue weighted by Crippen LogP contribution is -2.02. The number of aliphatic hydroxyl groups excluding tert-OH is 1. The molecule has 0 aliphatic carbocycles. The van der Waals surface area contributed by atoms with Crippen LogP contribution >= 0.6 is 0 Å². The Labute approximate surface area is 73.2 Å². The van der Waals surface area contributed by atoms with Crippen LogP contribution in [0.3, 0.4) is 0 Å². The molecule has 2 heteroatoms. The maximum absolute atomic E-state index is 9.65. The largest absolute Gasteiger partial charge is 0.472 e. The summed E-state index contributed by atoms with van der Waals surface area (Å²) in [5.41, 5.74) is 0.885. The Balaban J connectivity index is 2.44. The predicted octanol–water partition coefficient (Wildman–Crippen LogP) is 2.75. The van der Waals surface area contributed by atoms with E-state index in [4.69, 9.17) is 4.42 Å². The fraction of sp³-hybridized carbons (Fsp3) is 0.600. The number of hydrogen-bond acceptors (Lipinski definition) is 2. The van der Waals surface area contributed by atoms with Crippen LogP contribution < -0.4 is 0 Å². The summed E-state index contributed by atoms with van der Waals surface area (Å²) in [5.74, 6) is 0.565. The Kier molecular flexibility index (Phi) is 3.35. The summed E-state index contributed by atoms with van der Waals surface area (Å²) in [6.45, 7) is 4.27. The van der Waals surface area contributed by atoms with E-state index in [1.54, 1.807) is 12.5 Å². The summed E-state index contributed by atoms with van der Waals surface area (Å²) < 4.78 is 4.89. The highest BCUT2D eigenvalue weighted by molar-refractivity contribution is 5.08. The lowest BCUT2D eigenvalue weighted by Gasteiger charge is -2.12. The van der Waals surface area contributed by atoms with Gasteiger partial charge in [0.1, 0.15) is 0 Å². The zero-order valence-electron chi connectivity index (χ0n) is 7.66. The molecule has 0 saturated carbocycles. The molecule has 0 bridgehead atoms. The van der Waals surface area contributed by atoms with Crippen LogP contribution in [0.25, 0.3) is 0 Å². The van der Waals surface area contributed by atoms with Crippen LogP contribution in [0.4, 0.5) is 0 Å². The topological polar surface area (TPSA) is 33.4 Å². The van der Waals surface area contributed by atoms with E-state index in [1.165, 1.54) is 0 Å². The summed E-state index contributed by atoms with van der Waals surface area (Å²) in [6, 6.07) is 1.81. The smallest absolute Gasteiger partial charge is 0.0960 e. The van der Waals surface area contributed by atoms with Crippen molar-refractivity contribution in [3.05, 3.63) is 24.2 Å². The highest BCUT2D eigenvalue weighted by Crippen LogP contribution is 2.22. The molecule has 2 atom stereocenters. The van der Waals surface area contributed by atoms with Gasteiger partial charge in [-0.25, -0.2) is 0 Å². The van der Waals surface area contributed by atoms with Gasteiger partial charge in [-0.05, 0) is 18.4 Å². The molecule has 1 rings (SSSR count). The molecule has 68 valence electrons. The van der Waals surface area contributed by atoms with Crippen LogP contribution in [0.15, 0.2) is 23.0 Å². The fourth-order valence-electron chi connectivity index (χ4n) is 1.15. The Morgan fingerprint density at radius 1 is 1.58 bits per heavy atom. The van der Waals surface area contributed by atoms with E-state index in [0.717, 1.165) is 18.4 Å². The van der Waals surface area contributed by atoms with Crippen LogP contribution in [0, 0.1) is 5.92 Å². The molecule has 1 aromatic rings.